The van der Waals surface area contributed by atoms with Crippen molar-refractivity contribution >= 4 is 17.2 Å². The van der Waals surface area contributed by atoms with E-state index in [0.29, 0.717) is 24.1 Å². The minimum absolute atomic E-state index is 0.308. The predicted molar refractivity (Wildman–Crippen MR) is 88.7 cm³/mol. The fourth-order valence-corrected chi connectivity index (χ4v) is 2.83. The summed E-state index contributed by atoms with van der Waals surface area (Å²) in [5.74, 6) is 1.30. The topological polar surface area (TPSA) is 58.7 Å². The standard InChI is InChI=1S/C16H24N2O2S/c17-16(21)14-4-6-15(7-5-14)20-10-2-9-18-8-1-3-13(11-18)12-19/h4-7,13,19H,1-3,8-12H2,(H2,17,21). The fourth-order valence-electron chi connectivity index (χ4n) is 2.70. The molecular weight excluding hydrogens is 284 g/mol. The molecule has 0 bridgehead atoms. The molecule has 1 heterocycles. The zero-order valence-electron chi connectivity index (χ0n) is 12.3. The Balaban J connectivity index is 1.66. The molecule has 1 aromatic carbocycles. The molecule has 1 fully saturated rings. The molecule has 0 amide bonds. The number of benzene rings is 1. The SMILES string of the molecule is NC(=S)c1ccc(OCCCN2CCCC(CO)C2)cc1. The number of thiocarbonyl (C=S) groups is 1. The third-order valence-corrected chi connectivity index (χ3v) is 4.12. The molecule has 1 unspecified atom stereocenters. The zero-order valence-corrected chi connectivity index (χ0v) is 13.1. The predicted octanol–water partition coefficient (Wildman–Crippen LogP) is 1.79. The first kappa shape index (κ1) is 16.2. The molecule has 0 radical (unpaired) electrons. The first-order valence-corrected chi connectivity index (χ1v) is 7.95. The van der Waals surface area contributed by atoms with E-state index in [0.717, 1.165) is 43.8 Å². The number of aliphatic hydroxyl groups is 1. The molecule has 3 N–H and O–H groups in total. The average molecular weight is 308 g/mol. The molecule has 21 heavy (non-hydrogen) atoms. The average Bonchev–Trinajstić information content (AvgIpc) is 2.52. The normalized spacial score (nSPS) is 19.4. The van der Waals surface area contributed by atoms with Gasteiger partial charge in [0.15, 0.2) is 0 Å². The van der Waals surface area contributed by atoms with E-state index in [2.05, 4.69) is 4.90 Å². The van der Waals surface area contributed by atoms with Crippen LogP contribution in [0.25, 0.3) is 0 Å². The van der Waals surface area contributed by atoms with Crippen molar-refractivity contribution in [3.63, 3.8) is 0 Å². The van der Waals surface area contributed by atoms with Gasteiger partial charge in [-0.05, 0) is 56.0 Å². The van der Waals surface area contributed by atoms with Crippen molar-refractivity contribution in [1.82, 2.24) is 4.90 Å². The Kier molecular flexibility index (Phi) is 6.42. The van der Waals surface area contributed by atoms with E-state index in [1.165, 1.54) is 6.42 Å². The quantitative estimate of drug-likeness (QED) is 0.594. The molecule has 1 atom stereocenters. The third-order valence-electron chi connectivity index (χ3n) is 3.89. The van der Waals surface area contributed by atoms with Crippen LogP contribution in [0.3, 0.4) is 0 Å². The smallest absolute Gasteiger partial charge is 0.119 e. The van der Waals surface area contributed by atoms with E-state index >= 15 is 0 Å². The van der Waals surface area contributed by atoms with Gasteiger partial charge in [0.25, 0.3) is 0 Å². The van der Waals surface area contributed by atoms with Gasteiger partial charge in [-0.3, -0.25) is 0 Å². The largest absolute Gasteiger partial charge is 0.494 e. The van der Waals surface area contributed by atoms with Crippen molar-refractivity contribution in [3.8, 4) is 5.75 Å². The lowest BCUT2D eigenvalue weighted by molar-refractivity contribution is 0.115. The van der Waals surface area contributed by atoms with Crippen molar-refractivity contribution in [2.75, 3.05) is 32.8 Å². The summed E-state index contributed by atoms with van der Waals surface area (Å²) in [6.45, 7) is 4.19. The first-order valence-electron chi connectivity index (χ1n) is 7.55. The Morgan fingerprint density at radius 1 is 1.38 bits per heavy atom. The highest BCUT2D eigenvalue weighted by molar-refractivity contribution is 7.80. The van der Waals surface area contributed by atoms with Gasteiger partial charge < -0.3 is 20.5 Å². The minimum atomic E-state index is 0.308. The molecule has 0 aliphatic carbocycles. The van der Waals surface area contributed by atoms with E-state index in [-0.39, 0.29) is 0 Å². The number of nitrogens with two attached hydrogens (primary N) is 1. The van der Waals surface area contributed by atoms with Gasteiger partial charge in [0, 0.05) is 25.3 Å². The van der Waals surface area contributed by atoms with Crippen molar-refractivity contribution in [2.45, 2.75) is 19.3 Å². The number of piperidine rings is 1. The highest BCUT2D eigenvalue weighted by atomic mass is 32.1. The summed E-state index contributed by atoms with van der Waals surface area (Å²) in [5.41, 5.74) is 6.42. The van der Waals surface area contributed by atoms with E-state index < -0.39 is 0 Å². The summed E-state index contributed by atoms with van der Waals surface area (Å²) in [7, 11) is 0. The summed E-state index contributed by atoms with van der Waals surface area (Å²) < 4.78 is 5.72. The van der Waals surface area contributed by atoms with Crippen LogP contribution in [-0.2, 0) is 0 Å². The van der Waals surface area contributed by atoms with Gasteiger partial charge in [-0.15, -0.1) is 0 Å². The highest BCUT2D eigenvalue weighted by Gasteiger charge is 2.18. The van der Waals surface area contributed by atoms with Crippen molar-refractivity contribution in [3.05, 3.63) is 29.8 Å². The van der Waals surface area contributed by atoms with Crippen LogP contribution in [0.4, 0.5) is 0 Å². The second-order valence-electron chi connectivity index (χ2n) is 5.58. The molecule has 5 heteroatoms. The minimum Gasteiger partial charge on any atom is -0.494 e. The first-order chi connectivity index (χ1) is 10.2. The second-order valence-corrected chi connectivity index (χ2v) is 6.02. The number of rotatable bonds is 7. The number of likely N-dealkylation sites (tertiary alicyclic amines) is 1. The van der Waals surface area contributed by atoms with Crippen LogP contribution in [-0.4, -0.2) is 47.8 Å². The van der Waals surface area contributed by atoms with Crippen LogP contribution in [0.15, 0.2) is 24.3 Å². The van der Waals surface area contributed by atoms with Gasteiger partial charge >= 0.3 is 0 Å². The molecule has 1 saturated heterocycles. The van der Waals surface area contributed by atoms with Crippen LogP contribution < -0.4 is 10.5 Å². The van der Waals surface area contributed by atoms with Crippen LogP contribution in [0.5, 0.6) is 5.75 Å². The van der Waals surface area contributed by atoms with Gasteiger partial charge in [-0.1, -0.05) is 12.2 Å². The number of ether oxygens (including phenoxy) is 1. The van der Waals surface area contributed by atoms with Gasteiger partial charge in [0.1, 0.15) is 10.7 Å². The Morgan fingerprint density at radius 3 is 2.81 bits per heavy atom. The molecule has 1 aliphatic heterocycles. The number of hydrogen-bond donors (Lipinski definition) is 2. The summed E-state index contributed by atoms with van der Waals surface area (Å²) in [6, 6.07) is 7.57. The molecule has 2 rings (SSSR count). The Bertz CT molecular complexity index is 450. The summed E-state index contributed by atoms with van der Waals surface area (Å²) >= 11 is 4.92. The van der Waals surface area contributed by atoms with Crippen molar-refractivity contribution < 1.29 is 9.84 Å². The Labute approximate surface area is 131 Å². The monoisotopic (exact) mass is 308 g/mol. The van der Waals surface area contributed by atoms with E-state index in [1.54, 1.807) is 0 Å². The molecule has 0 spiro atoms. The summed E-state index contributed by atoms with van der Waals surface area (Å²) in [5, 5.41) is 9.22. The maximum atomic E-state index is 9.22. The molecule has 4 nitrogen and oxygen atoms in total. The van der Waals surface area contributed by atoms with E-state index in [4.69, 9.17) is 22.7 Å². The molecule has 0 aromatic heterocycles. The lowest BCUT2D eigenvalue weighted by atomic mass is 9.99. The number of aliphatic hydroxyl groups excluding tert-OH is 1. The van der Waals surface area contributed by atoms with Crippen molar-refractivity contribution in [2.24, 2.45) is 11.7 Å². The highest BCUT2D eigenvalue weighted by Crippen LogP contribution is 2.16. The van der Waals surface area contributed by atoms with Crippen LogP contribution in [0, 0.1) is 5.92 Å². The third kappa shape index (κ3) is 5.26. The fraction of sp³-hybridized carbons (Fsp3) is 0.562. The maximum Gasteiger partial charge on any atom is 0.119 e. The molecule has 116 valence electrons. The van der Waals surface area contributed by atoms with Gasteiger partial charge in [0.05, 0.1) is 6.61 Å². The number of nitrogens with zero attached hydrogens (tertiary/aromatic N) is 1. The Hall–Kier alpha value is -1.17. The van der Waals surface area contributed by atoms with E-state index in [1.807, 2.05) is 24.3 Å². The summed E-state index contributed by atoms with van der Waals surface area (Å²) in [6.07, 6.45) is 3.33. The molecule has 1 aliphatic rings. The second kappa shape index (κ2) is 8.32. The molecular formula is C16H24N2O2S. The Morgan fingerprint density at radius 2 is 2.14 bits per heavy atom. The van der Waals surface area contributed by atoms with Crippen LogP contribution in [0.2, 0.25) is 0 Å². The van der Waals surface area contributed by atoms with Gasteiger partial charge in [-0.2, -0.15) is 0 Å². The maximum absolute atomic E-state index is 9.22. The van der Waals surface area contributed by atoms with Crippen LogP contribution in [0.1, 0.15) is 24.8 Å². The lowest BCUT2D eigenvalue weighted by Crippen LogP contribution is -2.37. The van der Waals surface area contributed by atoms with Gasteiger partial charge in [0.2, 0.25) is 0 Å². The lowest BCUT2D eigenvalue weighted by Gasteiger charge is -2.31. The zero-order chi connectivity index (χ0) is 15.1. The van der Waals surface area contributed by atoms with Crippen LogP contribution >= 0.6 is 12.2 Å². The molecule has 0 saturated carbocycles. The van der Waals surface area contributed by atoms with E-state index in [9.17, 15) is 5.11 Å². The van der Waals surface area contributed by atoms with Crippen molar-refractivity contribution in [1.29, 1.82) is 0 Å². The summed E-state index contributed by atoms with van der Waals surface area (Å²) in [4.78, 5) is 2.83. The molecule has 1 aromatic rings. The number of hydrogen-bond acceptors (Lipinski definition) is 4. The van der Waals surface area contributed by atoms with Gasteiger partial charge in [-0.25, -0.2) is 0 Å².